The van der Waals surface area contributed by atoms with Crippen LogP contribution in [0, 0.1) is 11.6 Å². The summed E-state index contributed by atoms with van der Waals surface area (Å²) in [4.78, 5) is 0. The van der Waals surface area contributed by atoms with Crippen LogP contribution in [0.15, 0.2) is 38.3 Å². The van der Waals surface area contributed by atoms with Crippen molar-refractivity contribution < 1.29 is 17.2 Å². The molecule has 0 atom stereocenters. The third kappa shape index (κ3) is 3.38. The third-order valence-electron chi connectivity index (χ3n) is 2.29. The molecule has 0 aliphatic heterocycles. The molecule has 1 aromatic carbocycles. The standard InChI is InChI=1S/C11H8BrF2NO2S2/c12-9-3-4-18-11(9)19(16,17)15-6-7-5-8(13)1-2-10(7)14/h1-5,15H,6H2. The Morgan fingerprint density at radius 1 is 1.26 bits per heavy atom. The zero-order valence-electron chi connectivity index (χ0n) is 9.36. The second kappa shape index (κ2) is 5.66. The van der Waals surface area contributed by atoms with Crippen LogP contribution in [0.2, 0.25) is 0 Å². The molecule has 19 heavy (non-hydrogen) atoms. The molecule has 0 aliphatic carbocycles. The molecule has 0 unspecified atom stereocenters. The Kier molecular flexibility index (Phi) is 4.34. The quantitative estimate of drug-likeness (QED) is 0.901. The molecular formula is C11H8BrF2NO2S2. The van der Waals surface area contributed by atoms with E-state index in [9.17, 15) is 17.2 Å². The fourth-order valence-corrected chi connectivity index (χ4v) is 4.78. The molecule has 8 heteroatoms. The summed E-state index contributed by atoms with van der Waals surface area (Å²) in [6.45, 7) is -0.309. The number of nitrogens with one attached hydrogen (secondary N) is 1. The van der Waals surface area contributed by atoms with E-state index in [0.717, 1.165) is 29.5 Å². The maximum absolute atomic E-state index is 13.4. The van der Waals surface area contributed by atoms with Crippen LogP contribution in [-0.4, -0.2) is 8.42 Å². The fraction of sp³-hybridized carbons (Fsp3) is 0.0909. The molecule has 1 heterocycles. The van der Waals surface area contributed by atoms with Crippen molar-refractivity contribution in [1.82, 2.24) is 4.72 Å². The lowest BCUT2D eigenvalue weighted by Gasteiger charge is -2.06. The van der Waals surface area contributed by atoms with E-state index >= 15 is 0 Å². The number of rotatable bonds is 4. The maximum Gasteiger partial charge on any atom is 0.251 e. The summed E-state index contributed by atoms with van der Waals surface area (Å²) in [5.41, 5.74) is -0.0451. The molecule has 0 spiro atoms. The predicted molar refractivity (Wildman–Crippen MR) is 72.4 cm³/mol. The van der Waals surface area contributed by atoms with Gasteiger partial charge in [0.25, 0.3) is 10.0 Å². The Bertz CT molecular complexity index is 700. The lowest BCUT2D eigenvalue weighted by atomic mass is 10.2. The molecule has 0 saturated carbocycles. The van der Waals surface area contributed by atoms with Crippen molar-refractivity contribution in [3.63, 3.8) is 0 Å². The van der Waals surface area contributed by atoms with E-state index < -0.39 is 21.7 Å². The van der Waals surface area contributed by atoms with E-state index in [2.05, 4.69) is 20.7 Å². The second-order valence-electron chi connectivity index (χ2n) is 3.62. The summed E-state index contributed by atoms with van der Waals surface area (Å²) in [6.07, 6.45) is 0. The van der Waals surface area contributed by atoms with Gasteiger partial charge in [-0.25, -0.2) is 21.9 Å². The molecule has 0 bridgehead atoms. The number of halogens is 3. The molecule has 2 aromatic rings. The van der Waals surface area contributed by atoms with E-state index in [-0.39, 0.29) is 16.3 Å². The molecule has 1 aromatic heterocycles. The number of sulfonamides is 1. The van der Waals surface area contributed by atoms with Crippen LogP contribution in [0.4, 0.5) is 8.78 Å². The summed E-state index contributed by atoms with van der Waals surface area (Å²) >= 11 is 4.15. The largest absolute Gasteiger partial charge is 0.251 e. The van der Waals surface area contributed by atoms with Gasteiger partial charge in [-0.15, -0.1) is 11.3 Å². The topological polar surface area (TPSA) is 46.2 Å². The minimum absolute atomic E-state index is 0.0451. The molecule has 0 amide bonds. The number of hydrogen-bond acceptors (Lipinski definition) is 3. The van der Waals surface area contributed by atoms with Crippen LogP contribution in [0.3, 0.4) is 0 Å². The average molecular weight is 368 g/mol. The van der Waals surface area contributed by atoms with Crippen molar-refractivity contribution in [3.05, 3.63) is 51.3 Å². The molecular weight excluding hydrogens is 360 g/mol. The summed E-state index contributed by atoms with van der Waals surface area (Å²) in [7, 11) is -3.74. The lowest BCUT2D eigenvalue weighted by Crippen LogP contribution is -2.23. The smallest absolute Gasteiger partial charge is 0.207 e. The summed E-state index contributed by atoms with van der Waals surface area (Å²) in [5, 5.41) is 1.61. The van der Waals surface area contributed by atoms with E-state index in [1.54, 1.807) is 11.4 Å². The molecule has 0 radical (unpaired) electrons. The van der Waals surface area contributed by atoms with Crippen LogP contribution in [0.25, 0.3) is 0 Å². The number of hydrogen-bond donors (Lipinski definition) is 1. The van der Waals surface area contributed by atoms with Crippen LogP contribution < -0.4 is 4.72 Å². The van der Waals surface area contributed by atoms with Crippen molar-refractivity contribution in [2.45, 2.75) is 10.8 Å². The highest BCUT2D eigenvalue weighted by Gasteiger charge is 2.19. The highest BCUT2D eigenvalue weighted by molar-refractivity contribution is 9.10. The van der Waals surface area contributed by atoms with Crippen LogP contribution in [-0.2, 0) is 16.6 Å². The third-order valence-corrected chi connectivity index (χ3v) is 6.36. The molecule has 0 aliphatic rings. The van der Waals surface area contributed by atoms with Gasteiger partial charge in [-0.05, 0) is 45.6 Å². The summed E-state index contributed by atoms with van der Waals surface area (Å²) in [6, 6.07) is 4.49. The van der Waals surface area contributed by atoms with Gasteiger partial charge in [0.05, 0.1) is 0 Å². The lowest BCUT2D eigenvalue weighted by molar-refractivity contribution is 0.568. The molecule has 102 valence electrons. The Morgan fingerprint density at radius 2 is 2.00 bits per heavy atom. The summed E-state index contributed by atoms with van der Waals surface area (Å²) in [5.74, 6) is -1.28. The minimum Gasteiger partial charge on any atom is -0.207 e. The van der Waals surface area contributed by atoms with Crippen molar-refractivity contribution in [2.75, 3.05) is 0 Å². The van der Waals surface area contributed by atoms with Gasteiger partial charge < -0.3 is 0 Å². The Hall–Kier alpha value is -0.830. The molecule has 0 fully saturated rings. The Morgan fingerprint density at radius 3 is 2.63 bits per heavy atom. The predicted octanol–water partition coefficient (Wildman–Crippen LogP) is 3.27. The Labute approximate surface area is 121 Å². The van der Waals surface area contributed by atoms with Crippen molar-refractivity contribution >= 4 is 37.3 Å². The molecule has 3 nitrogen and oxygen atoms in total. The molecule has 2 rings (SSSR count). The Balaban J connectivity index is 2.19. The second-order valence-corrected chi connectivity index (χ2v) is 7.35. The van der Waals surface area contributed by atoms with Crippen molar-refractivity contribution in [1.29, 1.82) is 0 Å². The first-order chi connectivity index (χ1) is 8.90. The van der Waals surface area contributed by atoms with Crippen molar-refractivity contribution in [2.24, 2.45) is 0 Å². The first-order valence-electron chi connectivity index (χ1n) is 5.07. The fourth-order valence-electron chi connectivity index (χ4n) is 1.39. The van der Waals surface area contributed by atoms with E-state index in [0.29, 0.717) is 4.47 Å². The maximum atomic E-state index is 13.4. The van der Waals surface area contributed by atoms with Crippen molar-refractivity contribution in [3.8, 4) is 0 Å². The van der Waals surface area contributed by atoms with Gasteiger partial charge in [-0.3, -0.25) is 0 Å². The first-order valence-corrected chi connectivity index (χ1v) is 8.22. The zero-order chi connectivity index (χ0) is 14.0. The van der Waals surface area contributed by atoms with Crippen LogP contribution in [0.1, 0.15) is 5.56 Å². The summed E-state index contributed by atoms with van der Waals surface area (Å²) < 4.78 is 53.0. The normalized spacial score (nSPS) is 11.7. The van der Waals surface area contributed by atoms with Gasteiger partial charge in [0.15, 0.2) is 0 Å². The number of thiophene rings is 1. The van der Waals surface area contributed by atoms with Crippen LogP contribution in [0.5, 0.6) is 0 Å². The van der Waals surface area contributed by atoms with E-state index in [4.69, 9.17) is 0 Å². The van der Waals surface area contributed by atoms with E-state index in [1.165, 1.54) is 0 Å². The zero-order valence-corrected chi connectivity index (χ0v) is 12.6. The molecule has 1 N–H and O–H groups in total. The SMILES string of the molecule is O=S(=O)(NCc1cc(F)ccc1F)c1sccc1Br. The highest BCUT2D eigenvalue weighted by Crippen LogP contribution is 2.27. The monoisotopic (exact) mass is 367 g/mol. The minimum atomic E-state index is -3.74. The number of benzene rings is 1. The van der Waals surface area contributed by atoms with Gasteiger partial charge in [-0.1, -0.05) is 0 Å². The first kappa shape index (κ1) is 14.6. The van der Waals surface area contributed by atoms with Crippen LogP contribution >= 0.6 is 27.3 Å². The van der Waals surface area contributed by atoms with Gasteiger partial charge in [0.1, 0.15) is 15.8 Å². The van der Waals surface area contributed by atoms with Gasteiger partial charge >= 0.3 is 0 Å². The molecule has 0 saturated heterocycles. The highest BCUT2D eigenvalue weighted by atomic mass is 79.9. The van der Waals surface area contributed by atoms with E-state index in [1.807, 2.05) is 0 Å². The van der Waals surface area contributed by atoms with Gasteiger partial charge in [0, 0.05) is 16.6 Å². The van der Waals surface area contributed by atoms with Gasteiger partial charge in [-0.2, -0.15) is 0 Å². The van der Waals surface area contributed by atoms with Gasteiger partial charge in [0.2, 0.25) is 0 Å². The average Bonchev–Trinajstić information content (AvgIpc) is 2.78.